The van der Waals surface area contributed by atoms with Crippen LogP contribution in [-0.4, -0.2) is 34.9 Å². The minimum Gasteiger partial charge on any atom is -0.392 e. The van der Waals surface area contributed by atoms with Gasteiger partial charge in [0, 0.05) is 12.0 Å². The van der Waals surface area contributed by atoms with Crippen molar-refractivity contribution in [2.75, 3.05) is 0 Å². The zero-order valence-electron chi connectivity index (χ0n) is 30.1. The summed E-state index contributed by atoms with van der Waals surface area (Å²) in [6, 6.07) is 53.1. The van der Waals surface area contributed by atoms with E-state index in [1.54, 1.807) is 10.6 Å². The van der Waals surface area contributed by atoms with Crippen LogP contribution in [0.5, 0.6) is 0 Å². The smallest absolute Gasteiger partial charge is 0.261 e. The molecule has 8 rings (SSSR count). The molecule has 0 aliphatic carbocycles. The Hall–Kier alpha value is -6.51. The molecule has 54 heavy (non-hydrogen) atoms. The molecule has 0 radical (unpaired) electrons. The minimum atomic E-state index is -0.881. The Morgan fingerprint density at radius 2 is 1.24 bits per heavy atom. The average molecular weight is 709 g/mol. The second-order valence-corrected chi connectivity index (χ2v) is 13.5. The topological polar surface area (TPSA) is 98.7 Å². The van der Waals surface area contributed by atoms with Crippen LogP contribution in [-0.2, 0) is 25.1 Å². The van der Waals surface area contributed by atoms with Crippen molar-refractivity contribution < 1.29 is 5.11 Å². The Labute approximate surface area is 314 Å². The number of benzene rings is 6. The predicted molar refractivity (Wildman–Crippen MR) is 213 cm³/mol. The zero-order chi connectivity index (χ0) is 36.9. The molecule has 0 aliphatic rings. The summed E-state index contributed by atoms with van der Waals surface area (Å²) in [7, 11) is 0. The maximum Gasteiger partial charge on any atom is 0.261 e. The van der Waals surface area contributed by atoms with E-state index in [1.165, 1.54) is 0 Å². The van der Waals surface area contributed by atoms with Crippen LogP contribution >= 0.6 is 0 Å². The minimum absolute atomic E-state index is 0.0959. The maximum atomic E-state index is 13.9. The third-order valence-corrected chi connectivity index (χ3v) is 10.2. The maximum absolute atomic E-state index is 13.9. The van der Waals surface area contributed by atoms with Gasteiger partial charge in [0.25, 0.3) is 5.56 Å². The summed E-state index contributed by atoms with van der Waals surface area (Å²) in [5.41, 5.74) is 7.31. The van der Waals surface area contributed by atoms with E-state index < -0.39 is 5.54 Å². The molecule has 8 nitrogen and oxygen atoms in total. The molecule has 0 fully saturated rings. The van der Waals surface area contributed by atoms with E-state index >= 15 is 0 Å². The van der Waals surface area contributed by atoms with Gasteiger partial charge in [0.1, 0.15) is 11.4 Å². The molecule has 0 atom stereocenters. The van der Waals surface area contributed by atoms with Crippen molar-refractivity contribution in [3.63, 3.8) is 0 Å². The highest BCUT2D eigenvalue weighted by molar-refractivity contribution is 5.81. The number of aryl methyl sites for hydroxylation is 1. The summed E-state index contributed by atoms with van der Waals surface area (Å²) in [5.74, 6) is 1.40. The van der Waals surface area contributed by atoms with Gasteiger partial charge in [-0.3, -0.25) is 9.36 Å². The van der Waals surface area contributed by atoms with Gasteiger partial charge in [0.05, 0.1) is 24.1 Å². The van der Waals surface area contributed by atoms with Gasteiger partial charge < -0.3 is 5.11 Å². The van der Waals surface area contributed by atoms with Crippen LogP contribution in [0.4, 0.5) is 0 Å². The van der Waals surface area contributed by atoms with Crippen LogP contribution in [0, 0.1) is 0 Å². The molecule has 0 aliphatic heterocycles. The Morgan fingerprint density at radius 3 is 1.83 bits per heavy atom. The second kappa shape index (κ2) is 15.2. The van der Waals surface area contributed by atoms with E-state index in [1.807, 2.05) is 47.1 Å². The van der Waals surface area contributed by atoms with E-state index in [-0.39, 0.29) is 12.2 Å². The molecule has 0 spiro atoms. The van der Waals surface area contributed by atoms with Crippen molar-refractivity contribution >= 4 is 10.9 Å². The Bertz CT molecular complexity index is 2470. The van der Waals surface area contributed by atoms with Crippen molar-refractivity contribution in [2.45, 2.75) is 44.9 Å². The molecule has 8 heteroatoms. The largest absolute Gasteiger partial charge is 0.392 e. The van der Waals surface area contributed by atoms with Crippen LogP contribution in [0.15, 0.2) is 163 Å². The van der Waals surface area contributed by atoms with E-state index in [4.69, 9.17) is 15.3 Å². The van der Waals surface area contributed by atoms with Gasteiger partial charge >= 0.3 is 0 Å². The first kappa shape index (κ1) is 34.6. The molecule has 0 bridgehead atoms. The number of aromatic nitrogens is 6. The lowest BCUT2D eigenvalue weighted by Gasteiger charge is -2.36. The lowest BCUT2D eigenvalue weighted by Crippen LogP contribution is -2.39. The summed E-state index contributed by atoms with van der Waals surface area (Å²) in [6.45, 7) is 2.39. The predicted octanol–water partition coefficient (Wildman–Crippen LogP) is 8.44. The van der Waals surface area contributed by atoms with Crippen molar-refractivity contribution in [2.24, 2.45) is 0 Å². The fourth-order valence-corrected chi connectivity index (χ4v) is 7.49. The van der Waals surface area contributed by atoms with Gasteiger partial charge in [-0.25, -0.2) is 9.67 Å². The number of hydrogen-bond donors (Lipinski definition) is 1. The number of fused-ring (bicyclic) bond motifs is 1. The third kappa shape index (κ3) is 6.31. The molecule has 0 saturated heterocycles. The lowest BCUT2D eigenvalue weighted by atomic mass is 9.77. The Kier molecular flexibility index (Phi) is 9.75. The first-order valence-corrected chi connectivity index (χ1v) is 18.4. The fourth-order valence-electron chi connectivity index (χ4n) is 7.49. The molecule has 8 aromatic rings. The van der Waals surface area contributed by atoms with Crippen LogP contribution < -0.4 is 5.56 Å². The van der Waals surface area contributed by atoms with Crippen LogP contribution in [0.25, 0.3) is 33.4 Å². The normalized spacial score (nSPS) is 11.6. The van der Waals surface area contributed by atoms with Gasteiger partial charge in [-0.15, -0.1) is 5.10 Å². The van der Waals surface area contributed by atoms with Gasteiger partial charge in [-0.05, 0) is 67.9 Å². The highest BCUT2D eigenvalue weighted by Gasteiger charge is 2.42. The van der Waals surface area contributed by atoms with Crippen LogP contribution in [0.2, 0.25) is 0 Å². The monoisotopic (exact) mass is 708 g/mol. The first-order valence-electron chi connectivity index (χ1n) is 18.4. The van der Waals surface area contributed by atoms with E-state index in [9.17, 15) is 9.90 Å². The number of aliphatic hydroxyl groups is 1. The summed E-state index contributed by atoms with van der Waals surface area (Å²) in [6.07, 6.45) is 2.64. The van der Waals surface area contributed by atoms with Gasteiger partial charge in [-0.2, -0.15) is 0 Å². The highest BCUT2D eigenvalue weighted by atomic mass is 16.3. The number of rotatable bonds is 12. The number of aliphatic hydroxyl groups excluding tert-OH is 1. The summed E-state index contributed by atoms with van der Waals surface area (Å²) >= 11 is 0. The molecule has 266 valence electrons. The van der Waals surface area contributed by atoms with E-state index in [0.717, 1.165) is 57.6 Å². The first-order chi connectivity index (χ1) is 26.6. The molecule has 6 aromatic carbocycles. The van der Waals surface area contributed by atoms with Gasteiger partial charge in [0.2, 0.25) is 0 Å². The molecular formula is C46H40N6O2. The quantitative estimate of drug-likeness (QED) is 0.128. The lowest BCUT2D eigenvalue weighted by molar-refractivity contribution is 0.282. The van der Waals surface area contributed by atoms with Crippen LogP contribution in [0.1, 0.15) is 53.4 Å². The molecule has 2 heterocycles. The van der Waals surface area contributed by atoms with Crippen molar-refractivity contribution in [3.05, 3.63) is 202 Å². The highest BCUT2D eigenvalue weighted by Crippen LogP contribution is 2.43. The number of hydrogen-bond acceptors (Lipinski definition) is 6. The molecule has 0 saturated carbocycles. The standard InChI is InChI=1S/C46H40N6O2/c1-2-3-23-43-47-42-29-26-34(32-53)30-41(42)45(54)51(43)31-33-24-27-35(28-25-33)39-21-13-14-22-40(39)44-48-49-50-52(44)46(36-15-7-4-8-16-36,37-17-9-5-10-18-37)38-19-11-6-12-20-38/h4-22,24-30,53H,2-3,23,31-32H2,1H3. The van der Waals surface area contributed by atoms with Crippen LogP contribution in [0.3, 0.4) is 0 Å². The van der Waals surface area contributed by atoms with Gasteiger partial charge in [-0.1, -0.05) is 159 Å². The number of nitrogens with zero attached hydrogens (tertiary/aromatic N) is 6. The van der Waals surface area contributed by atoms with Crippen molar-refractivity contribution in [3.8, 4) is 22.5 Å². The third-order valence-electron chi connectivity index (χ3n) is 10.2. The average Bonchev–Trinajstić information content (AvgIpc) is 3.73. The summed E-state index contributed by atoms with van der Waals surface area (Å²) in [4.78, 5) is 18.8. The second-order valence-electron chi connectivity index (χ2n) is 13.5. The Morgan fingerprint density at radius 1 is 0.667 bits per heavy atom. The van der Waals surface area contributed by atoms with Crippen molar-refractivity contribution in [1.29, 1.82) is 0 Å². The molecule has 0 amide bonds. The van der Waals surface area contributed by atoms with E-state index in [0.29, 0.717) is 35.3 Å². The fraction of sp³-hybridized carbons (Fsp3) is 0.152. The zero-order valence-corrected chi connectivity index (χ0v) is 30.1. The number of tetrazole rings is 1. The Balaban J connectivity index is 1.22. The summed E-state index contributed by atoms with van der Waals surface area (Å²) in [5, 5.41) is 24.0. The number of unbranched alkanes of at least 4 members (excludes halogenated alkanes) is 1. The molecule has 0 unspecified atom stereocenters. The molecular weight excluding hydrogens is 669 g/mol. The molecule has 1 N–H and O–H groups in total. The van der Waals surface area contributed by atoms with Gasteiger partial charge in [0.15, 0.2) is 5.82 Å². The SMILES string of the molecule is CCCCc1nc2ccc(CO)cc2c(=O)n1Cc1ccc(-c2ccccc2-c2nnnn2C(c2ccccc2)(c2ccccc2)c2ccccc2)cc1. The molecule has 2 aromatic heterocycles. The summed E-state index contributed by atoms with van der Waals surface area (Å²) < 4.78 is 3.74. The van der Waals surface area contributed by atoms with E-state index in [2.05, 4.69) is 121 Å². The van der Waals surface area contributed by atoms with Crippen molar-refractivity contribution in [1.82, 2.24) is 29.8 Å².